The van der Waals surface area contributed by atoms with E-state index in [4.69, 9.17) is 25.8 Å². The van der Waals surface area contributed by atoms with Gasteiger partial charge in [0, 0.05) is 11.4 Å². The Labute approximate surface area is 173 Å². The van der Waals surface area contributed by atoms with E-state index in [1.54, 1.807) is 38.1 Å². The Balaban J connectivity index is 1.87. The van der Waals surface area contributed by atoms with Crippen molar-refractivity contribution >= 4 is 17.6 Å². The van der Waals surface area contributed by atoms with Crippen LogP contribution in [0.4, 0.5) is 4.39 Å². The van der Waals surface area contributed by atoms with Gasteiger partial charge in [-0.2, -0.15) is 0 Å². The van der Waals surface area contributed by atoms with Crippen molar-refractivity contribution < 1.29 is 33.6 Å². The van der Waals surface area contributed by atoms with E-state index < -0.39 is 24.0 Å². The molecule has 0 radical (unpaired) electrons. The highest BCUT2D eigenvalue weighted by Gasteiger charge is 2.20. The number of halogens is 2. The van der Waals surface area contributed by atoms with Crippen molar-refractivity contribution in [1.82, 2.24) is 0 Å². The fraction of sp³-hybridized carbons (Fsp3) is 0.381. The van der Waals surface area contributed by atoms with Crippen LogP contribution in [0.15, 0.2) is 42.5 Å². The zero-order valence-corrected chi connectivity index (χ0v) is 16.9. The first-order valence-electron chi connectivity index (χ1n) is 9.10. The molecule has 8 heteroatoms. The molecule has 0 aromatic heterocycles. The summed E-state index contributed by atoms with van der Waals surface area (Å²) >= 11 is 5.68. The summed E-state index contributed by atoms with van der Waals surface area (Å²) in [5.74, 6) is -1.20. The van der Waals surface area contributed by atoms with Gasteiger partial charge in [0.05, 0.1) is 6.10 Å². The molecule has 0 amide bonds. The summed E-state index contributed by atoms with van der Waals surface area (Å²) < 4.78 is 29.8. The van der Waals surface area contributed by atoms with Crippen LogP contribution >= 0.6 is 11.6 Å². The number of rotatable bonds is 11. The zero-order chi connectivity index (χ0) is 21.4. The van der Waals surface area contributed by atoms with Crippen molar-refractivity contribution in [3.05, 3.63) is 58.9 Å². The Morgan fingerprint density at radius 3 is 2.52 bits per heavy atom. The second-order valence-electron chi connectivity index (χ2n) is 6.71. The number of hydrogen-bond acceptors (Lipinski definition) is 5. The highest BCUT2D eigenvalue weighted by atomic mass is 35.5. The maximum atomic E-state index is 13.7. The normalized spacial score (nSPS) is 13.2. The number of carbonyl (C=O) groups is 1. The second kappa shape index (κ2) is 11.0. The van der Waals surface area contributed by atoms with Gasteiger partial charge >= 0.3 is 5.97 Å². The molecule has 0 saturated carbocycles. The summed E-state index contributed by atoms with van der Waals surface area (Å²) in [5, 5.41) is 19.5. The van der Waals surface area contributed by atoms with E-state index in [-0.39, 0.29) is 36.5 Å². The number of carboxylic acids is 1. The minimum atomic E-state index is -1.04. The molecule has 2 N–H and O–H groups in total. The number of carboxylic acid groups (broad SMARTS) is 1. The van der Waals surface area contributed by atoms with Crippen LogP contribution in [0.1, 0.15) is 19.4 Å². The molecule has 6 nitrogen and oxygen atoms in total. The SMILES string of the molecule is CC(C)OC(Cc1cccc(OCC(O)COc2ccc(Cl)cc2F)c1)C(=O)O. The average molecular weight is 427 g/mol. The zero-order valence-electron chi connectivity index (χ0n) is 16.2. The van der Waals surface area contributed by atoms with Crippen LogP contribution in [0.2, 0.25) is 5.02 Å². The molecule has 0 bridgehead atoms. The summed E-state index contributed by atoms with van der Waals surface area (Å²) in [6.45, 7) is 3.30. The number of aliphatic carboxylic acids is 1. The summed E-state index contributed by atoms with van der Waals surface area (Å²) in [4.78, 5) is 11.3. The maximum absolute atomic E-state index is 13.7. The van der Waals surface area contributed by atoms with Gasteiger partial charge in [-0.3, -0.25) is 0 Å². The summed E-state index contributed by atoms with van der Waals surface area (Å²) in [5.41, 5.74) is 0.726. The average Bonchev–Trinajstić information content (AvgIpc) is 2.65. The van der Waals surface area contributed by atoms with E-state index >= 15 is 0 Å². The van der Waals surface area contributed by atoms with Gasteiger partial charge in [-0.15, -0.1) is 0 Å². The molecule has 29 heavy (non-hydrogen) atoms. The molecule has 0 aliphatic carbocycles. The van der Waals surface area contributed by atoms with Crippen LogP contribution in [-0.4, -0.2) is 47.7 Å². The molecule has 2 aromatic rings. The Hall–Kier alpha value is -2.35. The van der Waals surface area contributed by atoms with Crippen molar-refractivity contribution in [3.63, 3.8) is 0 Å². The number of ether oxygens (including phenoxy) is 3. The smallest absolute Gasteiger partial charge is 0.333 e. The van der Waals surface area contributed by atoms with Gasteiger partial charge in [0.2, 0.25) is 0 Å². The predicted octanol–water partition coefficient (Wildman–Crippen LogP) is 3.72. The Morgan fingerprint density at radius 1 is 1.14 bits per heavy atom. The van der Waals surface area contributed by atoms with E-state index in [1.807, 2.05) is 0 Å². The van der Waals surface area contributed by atoms with E-state index in [0.29, 0.717) is 5.75 Å². The molecule has 2 aromatic carbocycles. The standard InChI is InChI=1S/C21H24ClFO6/c1-13(2)29-20(21(25)26)9-14-4-3-5-17(8-14)27-11-16(24)12-28-19-7-6-15(22)10-18(19)23/h3-8,10,13,16,20,24H,9,11-12H2,1-2H3,(H,25,26). The first-order valence-corrected chi connectivity index (χ1v) is 9.48. The second-order valence-corrected chi connectivity index (χ2v) is 7.15. The summed E-state index contributed by atoms with van der Waals surface area (Å²) in [6, 6.07) is 10.9. The topological polar surface area (TPSA) is 85.2 Å². The fourth-order valence-electron chi connectivity index (χ4n) is 2.52. The number of aliphatic hydroxyl groups excluding tert-OH is 1. The van der Waals surface area contributed by atoms with Crippen LogP contribution in [0.5, 0.6) is 11.5 Å². The largest absolute Gasteiger partial charge is 0.491 e. The quantitative estimate of drug-likeness (QED) is 0.569. The van der Waals surface area contributed by atoms with E-state index in [2.05, 4.69) is 0 Å². The van der Waals surface area contributed by atoms with Gasteiger partial charge in [-0.05, 0) is 49.7 Å². The van der Waals surface area contributed by atoms with Crippen molar-refractivity contribution in [2.75, 3.05) is 13.2 Å². The molecular formula is C21H24ClFO6. The van der Waals surface area contributed by atoms with Crippen molar-refractivity contribution in [1.29, 1.82) is 0 Å². The predicted molar refractivity (Wildman–Crippen MR) is 106 cm³/mol. The molecule has 0 heterocycles. The van der Waals surface area contributed by atoms with Gasteiger partial charge in [-0.25, -0.2) is 9.18 Å². The molecule has 0 aliphatic heterocycles. The van der Waals surface area contributed by atoms with Crippen LogP contribution in [-0.2, 0) is 16.0 Å². The lowest BCUT2D eigenvalue weighted by Gasteiger charge is -2.17. The summed E-state index contributed by atoms with van der Waals surface area (Å²) in [6.07, 6.45) is -1.98. The third kappa shape index (κ3) is 7.89. The minimum Gasteiger partial charge on any atom is -0.491 e. The molecule has 2 rings (SSSR count). The number of benzene rings is 2. The molecule has 2 atom stereocenters. The Morgan fingerprint density at radius 2 is 1.86 bits per heavy atom. The lowest BCUT2D eigenvalue weighted by molar-refractivity contribution is -0.153. The minimum absolute atomic E-state index is 0.0136. The Bertz CT molecular complexity index is 814. The van der Waals surface area contributed by atoms with Gasteiger partial charge in [0.15, 0.2) is 17.7 Å². The fourth-order valence-corrected chi connectivity index (χ4v) is 2.68. The monoisotopic (exact) mass is 426 g/mol. The van der Waals surface area contributed by atoms with Gasteiger partial charge in [-0.1, -0.05) is 23.7 Å². The molecule has 2 unspecified atom stereocenters. The van der Waals surface area contributed by atoms with E-state index in [9.17, 15) is 19.4 Å². The van der Waals surface area contributed by atoms with Crippen molar-refractivity contribution in [3.8, 4) is 11.5 Å². The maximum Gasteiger partial charge on any atom is 0.333 e. The molecule has 0 fully saturated rings. The van der Waals surface area contributed by atoms with Gasteiger partial charge < -0.3 is 24.4 Å². The first kappa shape index (κ1) is 22.9. The third-order valence-electron chi connectivity index (χ3n) is 3.80. The van der Waals surface area contributed by atoms with E-state index in [1.165, 1.54) is 12.1 Å². The summed E-state index contributed by atoms with van der Waals surface area (Å²) in [7, 11) is 0. The molecule has 158 valence electrons. The van der Waals surface area contributed by atoms with Crippen LogP contribution in [0.25, 0.3) is 0 Å². The van der Waals surface area contributed by atoms with Crippen LogP contribution < -0.4 is 9.47 Å². The molecule has 0 aliphatic rings. The van der Waals surface area contributed by atoms with Crippen molar-refractivity contribution in [2.24, 2.45) is 0 Å². The highest BCUT2D eigenvalue weighted by Crippen LogP contribution is 2.21. The highest BCUT2D eigenvalue weighted by molar-refractivity contribution is 6.30. The molecular weight excluding hydrogens is 403 g/mol. The van der Waals surface area contributed by atoms with Crippen LogP contribution in [0.3, 0.4) is 0 Å². The lowest BCUT2D eigenvalue weighted by Crippen LogP contribution is -2.29. The number of hydrogen-bond donors (Lipinski definition) is 2. The van der Waals surface area contributed by atoms with Gasteiger partial charge in [0.1, 0.15) is 25.1 Å². The lowest BCUT2D eigenvalue weighted by atomic mass is 10.1. The molecule has 0 spiro atoms. The Kier molecular flexibility index (Phi) is 8.70. The van der Waals surface area contributed by atoms with Crippen LogP contribution in [0, 0.1) is 5.82 Å². The molecule has 0 saturated heterocycles. The van der Waals surface area contributed by atoms with Gasteiger partial charge in [0.25, 0.3) is 0 Å². The third-order valence-corrected chi connectivity index (χ3v) is 4.03. The van der Waals surface area contributed by atoms with Crippen molar-refractivity contribution in [2.45, 2.75) is 38.6 Å². The van der Waals surface area contributed by atoms with E-state index in [0.717, 1.165) is 11.6 Å². The first-order chi connectivity index (χ1) is 13.7. The number of aliphatic hydroxyl groups is 1.